The van der Waals surface area contributed by atoms with Gasteiger partial charge in [0, 0.05) is 23.7 Å². The van der Waals surface area contributed by atoms with Crippen LogP contribution in [-0.2, 0) is 11.2 Å². The first-order valence-corrected chi connectivity index (χ1v) is 5.60. The molecule has 0 fully saturated rings. The van der Waals surface area contributed by atoms with E-state index < -0.39 is 5.97 Å². The summed E-state index contributed by atoms with van der Waals surface area (Å²) in [5.41, 5.74) is 1.30. The van der Waals surface area contributed by atoms with Crippen molar-refractivity contribution in [2.45, 2.75) is 6.42 Å². The molecule has 0 aliphatic carbocycles. The largest absolute Gasteiger partial charge is 0.464 e. The molecule has 0 unspecified atom stereocenters. The van der Waals surface area contributed by atoms with E-state index in [0.717, 1.165) is 10.7 Å². The summed E-state index contributed by atoms with van der Waals surface area (Å²) in [6.07, 6.45) is 2.38. The quantitative estimate of drug-likeness (QED) is 0.761. The van der Waals surface area contributed by atoms with E-state index in [1.54, 1.807) is 11.6 Å². The number of pyridine rings is 1. The second-order valence-electron chi connectivity index (χ2n) is 3.12. The summed E-state index contributed by atoms with van der Waals surface area (Å²) < 4.78 is 4.59. The van der Waals surface area contributed by atoms with Crippen molar-refractivity contribution in [3.8, 4) is 0 Å². The van der Waals surface area contributed by atoms with Crippen molar-refractivity contribution in [3.63, 3.8) is 0 Å². The number of nitrogens with zero attached hydrogens (tertiary/aromatic N) is 2. The number of aromatic nitrogens is 2. The highest BCUT2D eigenvalue weighted by Crippen LogP contribution is 2.14. The molecule has 0 atom stereocenters. The van der Waals surface area contributed by atoms with Gasteiger partial charge in [-0.25, -0.2) is 9.78 Å². The first-order valence-electron chi connectivity index (χ1n) is 4.72. The fourth-order valence-electron chi connectivity index (χ4n) is 1.25. The van der Waals surface area contributed by atoms with E-state index >= 15 is 0 Å². The lowest BCUT2D eigenvalue weighted by atomic mass is 10.3. The molecule has 0 aliphatic heterocycles. The van der Waals surface area contributed by atoms with Crippen molar-refractivity contribution in [3.05, 3.63) is 46.2 Å². The first-order chi connectivity index (χ1) is 7.79. The van der Waals surface area contributed by atoms with Crippen LogP contribution in [0.15, 0.2) is 29.8 Å². The number of thiazole rings is 1. The SMILES string of the molecule is COC(=O)c1csc(Cc2ccccn2)n1. The zero-order valence-corrected chi connectivity index (χ0v) is 9.53. The minimum Gasteiger partial charge on any atom is -0.464 e. The lowest BCUT2D eigenvalue weighted by Gasteiger charge is -1.95. The van der Waals surface area contributed by atoms with Gasteiger partial charge in [-0.15, -0.1) is 11.3 Å². The maximum absolute atomic E-state index is 11.2. The number of rotatable bonds is 3. The number of carbonyl (C=O) groups is 1. The monoisotopic (exact) mass is 234 g/mol. The van der Waals surface area contributed by atoms with Crippen LogP contribution < -0.4 is 0 Å². The number of hydrogen-bond acceptors (Lipinski definition) is 5. The number of hydrogen-bond donors (Lipinski definition) is 0. The maximum Gasteiger partial charge on any atom is 0.357 e. The van der Waals surface area contributed by atoms with Crippen molar-refractivity contribution < 1.29 is 9.53 Å². The Hall–Kier alpha value is -1.75. The van der Waals surface area contributed by atoms with Gasteiger partial charge < -0.3 is 4.74 Å². The second kappa shape index (κ2) is 4.85. The van der Waals surface area contributed by atoms with Crippen molar-refractivity contribution in [1.82, 2.24) is 9.97 Å². The lowest BCUT2D eigenvalue weighted by Crippen LogP contribution is -2.01. The molecule has 2 rings (SSSR count). The molecule has 0 aliphatic rings. The van der Waals surface area contributed by atoms with Crippen LogP contribution in [-0.4, -0.2) is 23.0 Å². The molecule has 0 amide bonds. The molecule has 0 saturated heterocycles. The zero-order chi connectivity index (χ0) is 11.4. The van der Waals surface area contributed by atoms with E-state index in [1.807, 2.05) is 18.2 Å². The standard InChI is InChI=1S/C11H10N2O2S/c1-15-11(14)9-7-16-10(13-9)6-8-4-2-3-5-12-8/h2-5,7H,6H2,1H3. The Balaban J connectivity index is 2.12. The van der Waals surface area contributed by atoms with E-state index in [1.165, 1.54) is 18.4 Å². The van der Waals surface area contributed by atoms with Crippen molar-refractivity contribution >= 4 is 17.3 Å². The number of ether oxygens (including phenoxy) is 1. The summed E-state index contributed by atoms with van der Waals surface area (Å²) in [5, 5.41) is 2.56. The molecule has 2 aromatic heterocycles. The average molecular weight is 234 g/mol. The van der Waals surface area contributed by atoms with Gasteiger partial charge in [-0.05, 0) is 12.1 Å². The summed E-state index contributed by atoms with van der Waals surface area (Å²) in [6, 6.07) is 5.72. The van der Waals surface area contributed by atoms with Gasteiger partial charge in [0.1, 0.15) is 0 Å². The van der Waals surface area contributed by atoms with Gasteiger partial charge in [0.2, 0.25) is 0 Å². The predicted octanol–water partition coefficient (Wildman–Crippen LogP) is 1.92. The highest BCUT2D eigenvalue weighted by atomic mass is 32.1. The van der Waals surface area contributed by atoms with Gasteiger partial charge >= 0.3 is 5.97 Å². The summed E-state index contributed by atoms with van der Waals surface area (Å²) >= 11 is 1.44. The van der Waals surface area contributed by atoms with Gasteiger partial charge in [-0.2, -0.15) is 0 Å². The molecule has 2 aromatic rings. The first kappa shape index (κ1) is 10.8. The van der Waals surface area contributed by atoms with Crippen LogP contribution in [0.3, 0.4) is 0 Å². The van der Waals surface area contributed by atoms with Gasteiger partial charge in [0.25, 0.3) is 0 Å². The van der Waals surface area contributed by atoms with Gasteiger partial charge in [0.05, 0.1) is 12.1 Å². The van der Waals surface area contributed by atoms with Gasteiger partial charge in [-0.1, -0.05) is 6.07 Å². The Bertz CT molecular complexity index is 482. The molecule has 16 heavy (non-hydrogen) atoms. The molecule has 0 spiro atoms. The molecule has 0 N–H and O–H groups in total. The Morgan fingerprint density at radius 3 is 3.06 bits per heavy atom. The Labute approximate surface area is 96.9 Å². The summed E-state index contributed by atoms with van der Waals surface area (Å²) in [7, 11) is 1.35. The molecular formula is C11H10N2O2S. The van der Waals surface area contributed by atoms with Crippen LogP contribution in [0.2, 0.25) is 0 Å². The Morgan fingerprint density at radius 2 is 2.38 bits per heavy atom. The van der Waals surface area contributed by atoms with Crippen LogP contribution in [0.5, 0.6) is 0 Å². The molecule has 5 heteroatoms. The fourth-order valence-corrected chi connectivity index (χ4v) is 2.03. The summed E-state index contributed by atoms with van der Waals surface area (Å²) in [5.74, 6) is -0.400. The number of esters is 1. The van der Waals surface area contributed by atoms with Crippen LogP contribution in [0.25, 0.3) is 0 Å². The summed E-state index contributed by atoms with van der Waals surface area (Å²) in [4.78, 5) is 19.6. The highest BCUT2D eigenvalue weighted by molar-refractivity contribution is 7.09. The van der Waals surface area contributed by atoms with Crippen molar-refractivity contribution in [2.24, 2.45) is 0 Å². The second-order valence-corrected chi connectivity index (χ2v) is 4.06. The Kier molecular flexibility index (Phi) is 3.26. The molecule has 82 valence electrons. The summed E-state index contributed by atoms with van der Waals surface area (Å²) in [6.45, 7) is 0. The molecule has 0 saturated carbocycles. The van der Waals surface area contributed by atoms with E-state index in [-0.39, 0.29) is 0 Å². The maximum atomic E-state index is 11.2. The molecule has 4 nitrogen and oxygen atoms in total. The normalized spacial score (nSPS) is 10.1. The number of carbonyl (C=O) groups excluding carboxylic acids is 1. The minimum absolute atomic E-state index is 0.360. The molecule has 2 heterocycles. The third-order valence-corrected chi connectivity index (χ3v) is 2.85. The fraction of sp³-hybridized carbons (Fsp3) is 0.182. The van der Waals surface area contributed by atoms with E-state index in [4.69, 9.17) is 0 Å². The van der Waals surface area contributed by atoms with Crippen LogP contribution >= 0.6 is 11.3 Å². The van der Waals surface area contributed by atoms with Crippen LogP contribution in [0.1, 0.15) is 21.2 Å². The van der Waals surface area contributed by atoms with Crippen LogP contribution in [0.4, 0.5) is 0 Å². The smallest absolute Gasteiger partial charge is 0.357 e. The highest BCUT2D eigenvalue weighted by Gasteiger charge is 2.10. The van der Waals surface area contributed by atoms with Crippen molar-refractivity contribution in [1.29, 1.82) is 0 Å². The molecule has 0 bridgehead atoms. The molecule has 0 radical (unpaired) electrons. The average Bonchev–Trinajstić information content (AvgIpc) is 2.78. The van der Waals surface area contributed by atoms with Gasteiger partial charge in [0.15, 0.2) is 5.69 Å². The van der Waals surface area contributed by atoms with Crippen molar-refractivity contribution in [2.75, 3.05) is 7.11 Å². The predicted molar refractivity (Wildman–Crippen MR) is 60.5 cm³/mol. The zero-order valence-electron chi connectivity index (χ0n) is 8.71. The molecule has 0 aromatic carbocycles. The third kappa shape index (κ3) is 2.43. The number of methoxy groups -OCH3 is 1. The van der Waals surface area contributed by atoms with E-state index in [2.05, 4.69) is 14.7 Å². The minimum atomic E-state index is -0.400. The van der Waals surface area contributed by atoms with E-state index in [0.29, 0.717) is 12.1 Å². The topological polar surface area (TPSA) is 52.1 Å². The van der Waals surface area contributed by atoms with E-state index in [9.17, 15) is 4.79 Å². The van der Waals surface area contributed by atoms with Crippen LogP contribution in [0, 0.1) is 0 Å². The molecular weight excluding hydrogens is 224 g/mol. The van der Waals surface area contributed by atoms with Gasteiger partial charge in [-0.3, -0.25) is 4.98 Å². The lowest BCUT2D eigenvalue weighted by molar-refractivity contribution is 0.0594. The third-order valence-electron chi connectivity index (χ3n) is 2.00. The Morgan fingerprint density at radius 1 is 1.50 bits per heavy atom.